The van der Waals surface area contributed by atoms with Crippen molar-refractivity contribution in [3.63, 3.8) is 0 Å². The molecule has 0 bridgehead atoms. The highest BCUT2D eigenvalue weighted by Crippen LogP contribution is 2.25. The van der Waals surface area contributed by atoms with Crippen LogP contribution < -0.4 is 10.6 Å². The van der Waals surface area contributed by atoms with Crippen LogP contribution in [0.25, 0.3) is 0 Å². The fourth-order valence-electron chi connectivity index (χ4n) is 2.64. The van der Waals surface area contributed by atoms with Crippen molar-refractivity contribution in [1.82, 2.24) is 15.5 Å². The first kappa shape index (κ1) is 17.3. The summed E-state index contributed by atoms with van der Waals surface area (Å²) in [6.07, 6.45) is 2.29. The Labute approximate surface area is 139 Å². The van der Waals surface area contributed by atoms with E-state index in [1.165, 1.54) is 12.0 Å². The smallest absolute Gasteiger partial charge is 0.191 e. The Morgan fingerprint density at radius 2 is 2.23 bits per heavy atom. The van der Waals surface area contributed by atoms with Gasteiger partial charge in [-0.2, -0.15) is 0 Å². The molecule has 0 fully saturated rings. The molecule has 2 heterocycles. The molecule has 1 aliphatic heterocycles. The van der Waals surface area contributed by atoms with E-state index in [0.29, 0.717) is 12.1 Å². The van der Waals surface area contributed by atoms with Gasteiger partial charge < -0.3 is 10.6 Å². The van der Waals surface area contributed by atoms with E-state index in [4.69, 9.17) is 4.99 Å². The number of guanidine groups is 1. The predicted octanol–water partition coefficient (Wildman–Crippen LogP) is 2.85. The minimum absolute atomic E-state index is 0.455. The summed E-state index contributed by atoms with van der Waals surface area (Å²) in [4.78, 5) is 8.89. The summed E-state index contributed by atoms with van der Waals surface area (Å²) in [6, 6.07) is 3.20. The molecule has 124 valence electrons. The number of hydrogen-bond acceptors (Lipinski definition) is 3. The SMILES string of the molecule is CCNC(=NCC(C)N1CCc2sccc2C1)NC(C)CC. The molecule has 0 amide bonds. The summed E-state index contributed by atoms with van der Waals surface area (Å²) < 4.78 is 0. The summed E-state index contributed by atoms with van der Waals surface area (Å²) in [5.74, 6) is 0.942. The van der Waals surface area contributed by atoms with Crippen LogP contribution in [0.1, 0.15) is 44.6 Å². The second kappa shape index (κ2) is 8.53. The molecule has 2 N–H and O–H groups in total. The van der Waals surface area contributed by atoms with Crippen LogP contribution in [-0.4, -0.2) is 42.6 Å². The number of thiophene rings is 1. The van der Waals surface area contributed by atoms with Crippen molar-refractivity contribution in [3.8, 4) is 0 Å². The molecule has 1 aromatic heterocycles. The van der Waals surface area contributed by atoms with Crippen LogP contribution in [0.2, 0.25) is 0 Å². The summed E-state index contributed by atoms with van der Waals surface area (Å²) in [5, 5.41) is 9.02. The molecule has 2 unspecified atom stereocenters. The van der Waals surface area contributed by atoms with E-state index in [2.05, 4.69) is 54.7 Å². The zero-order valence-electron chi connectivity index (χ0n) is 14.4. The van der Waals surface area contributed by atoms with Crippen LogP contribution >= 0.6 is 11.3 Å². The van der Waals surface area contributed by atoms with Gasteiger partial charge in [0.2, 0.25) is 0 Å². The third kappa shape index (κ3) is 4.71. The van der Waals surface area contributed by atoms with Crippen LogP contribution in [0.5, 0.6) is 0 Å². The Hall–Kier alpha value is -1.07. The molecule has 0 saturated heterocycles. The largest absolute Gasteiger partial charge is 0.357 e. The van der Waals surface area contributed by atoms with E-state index in [1.54, 1.807) is 4.88 Å². The van der Waals surface area contributed by atoms with E-state index >= 15 is 0 Å². The van der Waals surface area contributed by atoms with Gasteiger partial charge in [-0.3, -0.25) is 9.89 Å². The second-order valence-electron chi connectivity index (χ2n) is 6.11. The van der Waals surface area contributed by atoms with Crippen molar-refractivity contribution >= 4 is 17.3 Å². The van der Waals surface area contributed by atoms with Gasteiger partial charge in [-0.15, -0.1) is 11.3 Å². The summed E-state index contributed by atoms with van der Waals surface area (Å²) in [5.41, 5.74) is 1.51. The molecule has 5 heteroatoms. The second-order valence-corrected chi connectivity index (χ2v) is 7.11. The standard InChI is InChI=1S/C17H30N4S/c1-5-13(3)20-17(18-6-2)19-11-14(4)21-9-7-16-15(12-21)8-10-22-16/h8,10,13-14H,5-7,9,11-12H2,1-4H3,(H2,18,19,20). The molecule has 0 spiro atoms. The number of hydrogen-bond donors (Lipinski definition) is 2. The highest BCUT2D eigenvalue weighted by molar-refractivity contribution is 7.10. The zero-order chi connectivity index (χ0) is 15.9. The summed E-state index contributed by atoms with van der Waals surface area (Å²) in [7, 11) is 0. The number of nitrogens with zero attached hydrogens (tertiary/aromatic N) is 2. The maximum absolute atomic E-state index is 4.78. The Bertz CT molecular complexity index is 483. The van der Waals surface area contributed by atoms with Gasteiger partial charge >= 0.3 is 0 Å². The van der Waals surface area contributed by atoms with Crippen LogP contribution in [-0.2, 0) is 13.0 Å². The highest BCUT2D eigenvalue weighted by atomic mass is 32.1. The minimum atomic E-state index is 0.455. The molecule has 0 aromatic carbocycles. The first-order chi connectivity index (χ1) is 10.6. The maximum Gasteiger partial charge on any atom is 0.191 e. The number of rotatable bonds is 6. The number of nitrogens with one attached hydrogen (secondary N) is 2. The van der Waals surface area contributed by atoms with Gasteiger partial charge in [0.05, 0.1) is 6.54 Å². The van der Waals surface area contributed by atoms with Gasteiger partial charge in [0.15, 0.2) is 5.96 Å². The summed E-state index contributed by atoms with van der Waals surface area (Å²) >= 11 is 1.90. The normalized spacial score (nSPS) is 18.6. The number of fused-ring (bicyclic) bond motifs is 1. The van der Waals surface area contributed by atoms with Gasteiger partial charge in [-0.05, 0) is 50.6 Å². The van der Waals surface area contributed by atoms with Gasteiger partial charge in [0.25, 0.3) is 0 Å². The molecule has 22 heavy (non-hydrogen) atoms. The lowest BCUT2D eigenvalue weighted by atomic mass is 10.1. The van der Waals surface area contributed by atoms with Crippen LogP contribution in [0.15, 0.2) is 16.4 Å². The van der Waals surface area contributed by atoms with Crippen LogP contribution in [0.3, 0.4) is 0 Å². The van der Waals surface area contributed by atoms with Gasteiger partial charge in [0, 0.05) is 36.6 Å². The van der Waals surface area contributed by atoms with Gasteiger partial charge in [-0.25, -0.2) is 0 Å². The average Bonchev–Trinajstić information content (AvgIpc) is 2.99. The van der Waals surface area contributed by atoms with Gasteiger partial charge in [0.1, 0.15) is 0 Å². The molecule has 1 aliphatic rings. The lowest BCUT2D eigenvalue weighted by molar-refractivity contribution is 0.197. The molecule has 0 saturated carbocycles. The third-order valence-electron chi connectivity index (χ3n) is 4.31. The molecule has 2 atom stereocenters. The van der Waals surface area contributed by atoms with E-state index in [-0.39, 0.29) is 0 Å². The van der Waals surface area contributed by atoms with Crippen molar-refractivity contribution in [2.45, 2.75) is 59.2 Å². The highest BCUT2D eigenvalue weighted by Gasteiger charge is 2.21. The predicted molar refractivity (Wildman–Crippen MR) is 96.8 cm³/mol. The average molecular weight is 323 g/mol. The van der Waals surface area contributed by atoms with Crippen molar-refractivity contribution in [1.29, 1.82) is 0 Å². The van der Waals surface area contributed by atoms with E-state index in [0.717, 1.165) is 38.6 Å². The Balaban J connectivity index is 1.89. The van der Waals surface area contributed by atoms with Crippen molar-refractivity contribution < 1.29 is 0 Å². The van der Waals surface area contributed by atoms with Crippen LogP contribution in [0.4, 0.5) is 0 Å². The zero-order valence-corrected chi connectivity index (χ0v) is 15.2. The Morgan fingerprint density at radius 3 is 2.95 bits per heavy atom. The third-order valence-corrected chi connectivity index (χ3v) is 5.34. The Morgan fingerprint density at radius 1 is 1.41 bits per heavy atom. The van der Waals surface area contributed by atoms with Crippen molar-refractivity contribution in [2.75, 3.05) is 19.6 Å². The van der Waals surface area contributed by atoms with Gasteiger partial charge in [-0.1, -0.05) is 6.92 Å². The van der Waals surface area contributed by atoms with E-state index in [9.17, 15) is 0 Å². The van der Waals surface area contributed by atoms with E-state index < -0.39 is 0 Å². The molecule has 1 aromatic rings. The number of aliphatic imine (C=N–C) groups is 1. The molecule has 4 nitrogen and oxygen atoms in total. The lowest BCUT2D eigenvalue weighted by Crippen LogP contribution is -2.43. The van der Waals surface area contributed by atoms with Crippen molar-refractivity contribution in [3.05, 3.63) is 21.9 Å². The lowest BCUT2D eigenvalue weighted by Gasteiger charge is -2.31. The molecule has 0 radical (unpaired) electrons. The molecule has 0 aliphatic carbocycles. The minimum Gasteiger partial charge on any atom is -0.357 e. The fourth-order valence-corrected chi connectivity index (χ4v) is 3.53. The first-order valence-electron chi connectivity index (χ1n) is 8.48. The van der Waals surface area contributed by atoms with Crippen LogP contribution in [0, 0.1) is 0 Å². The summed E-state index contributed by atoms with van der Waals surface area (Å²) in [6.45, 7) is 12.7. The fraction of sp³-hybridized carbons (Fsp3) is 0.706. The molecule has 2 rings (SSSR count). The van der Waals surface area contributed by atoms with E-state index in [1.807, 2.05) is 11.3 Å². The monoisotopic (exact) mass is 322 g/mol. The maximum atomic E-state index is 4.78. The Kier molecular flexibility index (Phi) is 6.70. The first-order valence-corrected chi connectivity index (χ1v) is 9.36. The van der Waals surface area contributed by atoms with Crippen molar-refractivity contribution in [2.24, 2.45) is 4.99 Å². The molecular formula is C17H30N4S. The molecular weight excluding hydrogens is 292 g/mol. The topological polar surface area (TPSA) is 39.7 Å². The quantitative estimate of drug-likeness (QED) is 0.625.